The zero-order valence-corrected chi connectivity index (χ0v) is 16.0. The smallest absolute Gasteiger partial charge is 0.338 e. The monoisotopic (exact) mass is 415 g/mol. The van der Waals surface area contributed by atoms with Crippen LogP contribution >= 0.6 is 0 Å². The van der Waals surface area contributed by atoms with E-state index in [0.717, 1.165) is 24.6 Å². The summed E-state index contributed by atoms with van der Waals surface area (Å²) in [4.78, 5) is 47.8. The SMILES string of the molecule is CC(OC(=O)c1ccc(N2CCCC2=O)cc1)C(=O)Nc1ccc(F)c([N+](=O)[O-])c1. The number of nitrogens with one attached hydrogen (secondary N) is 1. The van der Waals surface area contributed by atoms with E-state index in [9.17, 15) is 28.9 Å². The fourth-order valence-electron chi connectivity index (χ4n) is 2.95. The topological polar surface area (TPSA) is 119 Å². The number of anilines is 2. The molecule has 0 bridgehead atoms. The van der Waals surface area contributed by atoms with Gasteiger partial charge in [0, 0.05) is 30.4 Å². The molecule has 1 aliphatic rings. The number of nitro benzene ring substituents is 1. The number of ether oxygens (including phenoxy) is 1. The number of nitro groups is 1. The molecule has 1 N–H and O–H groups in total. The number of halogens is 1. The second kappa shape index (κ2) is 8.68. The molecule has 0 spiro atoms. The summed E-state index contributed by atoms with van der Waals surface area (Å²) in [5.41, 5.74) is 0.0878. The summed E-state index contributed by atoms with van der Waals surface area (Å²) in [6.45, 7) is 1.96. The zero-order chi connectivity index (χ0) is 21.8. The molecule has 9 nitrogen and oxygen atoms in total. The Hall–Kier alpha value is -3.82. The van der Waals surface area contributed by atoms with Gasteiger partial charge in [-0.05, 0) is 49.7 Å². The first-order valence-corrected chi connectivity index (χ1v) is 9.12. The lowest BCUT2D eigenvalue weighted by atomic mass is 10.2. The Labute approximate surface area is 170 Å². The number of carbonyl (C=O) groups excluding carboxylic acids is 3. The van der Waals surface area contributed by atoms with Gasteiger partial charge in [0.25, 0.3) is 5.91 Å². The lowest BCUT2D eigenvalue weighted by molar-refractivity contribution is -0.387. The fourth-order valence-corrected chi connectivity index (χ4v) is 2.95. The van der Waals surface area contributed by atoms with Gasteiger partial charge in [0.1, 0.15) is 0 Å². The van der Waals surface area contributed by atoms with Crippen LogP contribution in [-0.2, 0) is 14.3 Å². The van der Waals surface area contributed by atoms with E-state index in [1.54, 1.807) is 17.0 Å². The lowest BCUT2D eigenvalue weighted by Crippen LogP contribution is -2.30. The standard InChI is InChI=1S/C20H18FN3O6/c1-12(19(26)22-14-6-9-16(21)17(11-14)24(28)29)30-20(27)13-4-7-15(8-5-13)23-10-2-3-18(23)25/h4-9,11-12H,2-3,10H2,1H3,(H,22,26). The third kappa shape index (κ3) is 4.59. The predicted molar refractivity (Wildman–Crippen MR) is 105 cm³/mol. The Morgan fingerprint density at radius 2 is 1.93 bits per heavy atom. The maximum absolute atomic E-state index is 13.4. The zero-order valence-electron chi connectivity index (χ0n) is 16.0. The van der Waals surface area contributed by atoms with E-state index in [-0.39, 0.29) is 17.2 Å². The van der Waals surface area contributed by atoms with Crippen LogP contribution in [0.25, 0.3) is 0 Å². The maximum atomic E-state index is 13.4. The van der Waals surface area contributed by atoms with E-state index in [4.69, 9.17) is 4.74 Å². The van der Waals surface area contributed by atoms with Crippen molar-refractivity contribution >= 4 is 34.8 Å². The Morgan fingerprint density at radius 1 is 1.23 bits per heavy atom. The molecule has 0 radical (unpaired) electrons. The highest BCUT2D eigenvalue weighted by atomic mass is 19.1. The van der Waals surface area contributed by atoms with Gasteiger partial charge in [0.05, 0.1) is 10.5 Å². The summed E-state index contributed by atoms with van der Waals surface area (Å²) in [5, 5.41) is 13.1. The molecular weight excluding hydrogens is 397 g/mol. The average molecular weight is 415 g/mol. The first-order chi connectivity index (χ1) is 14.3. The Balaban J connectivity index is 1.61. The molecule has 1 fully saturated rings. The second-order valence-electron chi connectivity index (χ2n) is 6.66. The van der Waals surface area contributed by atoms with Crippen LogP contribution in [0.2, 0.25) is 0 Å². The quantitative estimate of drug-likeness (QED) is 0.440. The van der Waals surface area contributed by atoms with Crippen molar-refractivity contribution < 1.29 is 28.4 Å². The highest BCUT2D eigenvalue weighted by molar-refractivity contribution is 5.98. The summed E-state index contributed by atoms with van der Waals surface area (Å²) in [5.74, 6) is -2.49. The van der Waals surface area contributed by atoms with Crippen LogP contribution in [0.5, 0.6) is 0 Å². The Bertz CT molecular complexity index is 1010. The molecule has 1 heterocycles. The number of hydrogen-bond donors (Lipinski definition) is 1. The molecule has 0 aromatic heterocycles. The van der Waals surface area contributed by atoms with Crippen LogP contribution in [0.3, 0.4) is 0 Å². The molecule has 0 aliphatic carbocycles. The maximum Gasteiger partial charge on any atom is 0.338 e. The number of nitrogens with zero attached hydrogens (tertiary/aromatic N) is 2. The van der Waals surface area contributed by atoms with Crippen LogP contribution in [0, 0.1) is 15.9 Å². The molecular formula is C20H18FN3O6. The van der Waals surface area contributed by atoms with Gasteiger partial charge in [-0.15, -0.1) is 0 Å². The average Bonchev–Trinajstić information content (AvgIpc) is 3.15. The second-order valence-corrected chi connectivity index (χ2v) is 6.66. The Kier molecular flexibility index (Phi) is 6.05. The fraction of sp³-hybridized carbons (Fsp3) is 0.250. The molecule has 2 amide bonds. The van der Waals surface area contributed by atoms with Crippen LogP contribution in [0.1, 0.15) is 30.1 Å². The normalized spacial score (nSPS) is 14.3. The van der Waals surface area contributed by atoms with Crippen LogP contribution in [0.4, 0.5) is 21.5 Å². The van der Waals surface area contributed by atoms with E-state index < -0.39 is 34.4 Å². The van der Waals surface area contributed by atoms with Gasteiger partial charge >= 0.3 is 11.7 Å². The van der Waals surface area contributed by atoms with E-state index in [1.807, 2.05) is 0 Å². The minimum Gasteiger partial charge on any atom is -0.449 e. The molecule has 1 unspecified atom stereocenters. The van der Waals surface area contributed by atoms with Crippen molar-refractivity contribution in [3.63, 3.8) is 0 Å². The van der Waals surface area contributed by atoms with Crippen molar-refractivity contribution in [2.45, 2.75) is 25.9 Å². The van der Waals surface area contributed by atoms with Crippen molar-refractivity contribution in [2.75, 3.05) is 16.8 Å². The molecule has 156 valence electrons. The summed E-state index contributed by atoms with van der Waals surface area (Å²) in [7, 11) is 0. The summed E-state index contributed by atoms with van der Waals surface area (Å²) in [6, 6.07) is 9.14. The van der Waals surface area contributed by atoms with E-state index >= 15 is 0 Å². The van der Waals surface area contributed by atoms with Gasteiger partial charge in [-0.2, -0.15) is 4.39 Å². The summed E-state index contributed by atoms with van der Waals surface area (Å²) < 4.78 is 18.5. The number of hydrogen-bond acceptors (Lipinski definition) is 6. The highest BCUT2D eigenvalue weighted by Crippen LogP contribution is 2.23. The van der Waals surface area contributed by atoms with Gasteiger partial charge in [0.2, 0.25) is 11.7 Å². The van der Waals surface area contributed by atoms with Gasteiger partial charge in [-0.3, -0.25) is 19.7 Å². The van der Waals surface area contributed by atoms with Crippen molar-refractivity contribution in [2.24, 2.45) is 0 Å². The number of amides is 2. The van der Waals surface area contributed by atoms with Crippen molar-refractivity contribution in [1.82, 2.24) is 0 Å². The number of rotatable bonds is 6. The van der Waals surface area contributed by atoms with Crippen LogP contribution in [-0.4, -0.2) is 35.4 Å². The number of esters is 1. The third-order valence-corrected chi connectivity index (χ3v) is 4.55. The van der Waals surface area contributed by atoms with Gasteiger partial charge in [-0.25, -0.2) is 4.79 Å². The molecule has 1 saturated heterocycles. The van der Waals surface area contributed by atoms with E-state index in [0.29, 0.717) is 18.7 Å². The third-order valence-electron chi connectivity index (χ3n) is 4.55. The number of benzene rings is 2. The van der Waals surface area contributed by atoms with Gasteiger partial charge in [-0.1, -0.05) is 0 Å². The molecule has 1 aliphatic heterocycles. The minimum atomic E-state index is -1.21. The van der Waals surface area contributed by atoms with Crippen LogP contribution < -0.4 is 10.2 Å². The van der Waals surface area contributed by atoms with Crippen molar-refractivity contribution in [3.8, 4) is 0 Å². The Morgan fingerprint density at radius 3 is 2.53 bits per heavy atom. The molecule has 10 heteroatoms. The predicted octanol–water partition coefficient (Wildman–Crippen LogP) is 3.04. The van der Waals surface area contributed by atoms with Crippen LogP contribution in [0.15, 0.2) is 42.5 Å². The first kappa shape index (κ1) is 20.9. The molecule has 2 aromatic carbocycles. The van der Waals surface area contributed by atoms with E-state index in [1.165, 1.54) is 19.1 Å². The first-order valence-electron chi connectivity index (χ1n) is 9.12. The highest BCUT2D eigenvalue weighted by Gasteiger charge is 2.23. The van der Waals surface area contributed by atoms with Crippen molar-refractivity contribution in [3.05, 3.63) is 64.0 Å². The number of carbonyl (C=O) groups is 3. The van der Waals surface area contributed by atoms with Gasteiger partial charge < -0.3 is 15.0 Å². The lowest BCUT2D eigenvalue weighted by Gasteiger charge is -2.16. The molecule has 3 rings (SSSR count). The minimum absolute atomic E-state index is 0.00404. The summed E-state index contributed by atoms with van der Waals surface area (Å²) in [6.07, 6.45) is 0.0709. The largest absolute Gasteiger partial charge is 0.449 e. The van der Waals surface area contributed by atoms with Crippen molar-refractivity contribution in [1.29, 1.82) is 0 Å². The molecule has 2 aromatic rings. The molecule has 1 atom stereocenters. The van der Waals surface area contributed by atoms with Gasteiger partial charge in [0.15, 0.2) is 6.10 Å². The summed E-state index contributed by atoms with van der Waals surface area (Å²) >= 11 is 0. The van der Waals surface area contributed by atoms with E-state index in [2.05, 4.69) is 5.32 Å². The molecule has 0 saturated carbocycles. The molecule has 30 heavy (non-hydrogen) atoms.